The zero-order chi connectivity index (χ0) is 31.4. The largest absolute Gasteiger partial charge is 0.497 e. The van der Waals surface area contributed by atoms with Gasteiger partial charge < -0.3 is 25.2 Å². The van der Waals surface area contributed by atoms with Crippen LogP contribution in [0.25, 0.3) is 0 Å². The summed E-state index contributed by atoms with van der Waals surface area (Å²) in [7, 11) is -2.11. The first kappa shape index (κ1) is 32.9. The van der Waals surface area contributed by atoms with Crippen molar-refractivity contribution in [3.05, 3.63) is 132 Å². The lowest BCUT2D eigenvalue weighted by molar-refractivity contribution is -0.147. The van der Waals surface area contributed by atoms with Gasteiger partial charge in [-0.15, -0.1) is 0 Å². The molecule has 4 aromatic rings. The number of hydrogen-bond donors (Lipinski definition) is 2. The zero-order valence-corrected chi connectivity index (χ0v) is 25.7. The molecule has 3 N–H and O–H groups in total. The molecule has 44 heavy (non-hydrogen) atoms. The second-order valence-electron chi connectivity index (χ2n) is 10.7. The van der Waals surface area contributed by atoms with E-state index in [1.54, 1.807) is 31.4 Å². The number of carbonyl (C=O) groups is 1. The summed E-state index contributed by atoms with van der Waals surface area (Å²) >= 11 is 0. The van der Waals surface area contributed by atoms with Crippen molar-refractivity contribution in [1.82, 2.24) is 4.90 Å². The maximum absolute atomic E-state index is 14.2. The number of aliphatic hydroxyl groups is 1. The lowest BCUT2D eigenvalue weighted by atomic mass is 10.0. The van der Waals surface area contributed by atoms with Gasteiger partial charge in [-0.3, -0.25) is 4.79 Å². The molecule has 4 aromatic carbocycles. The minimum atomic E-state index is -3.67. The Balaban J connectivity index is 1.58. The van der Waals surface area contributed by atoms with Crippen molar-refractivity contribution in [3.63, 3.8) is 0 Å². The van der Waals surface area contributed by atoms with Crippen molar-refractivity contribution in [2.45, 2.75) is 49.1 Å². The molecule has 0 bridgehead atoms. The van der Waals surface area contributed by atoms with E-state index in [2.05, 4.69) is 0 Å². The van der Waals surface area contributed by atoms with Crippen molar-refractivity contribution < 1.29 is 27.8 Å². The zero-order valence-electron chi connectivity index (χ0n) is 24.9. The molecule has 0 spiro atoms. The highest BCUT2D eigenvalue weighted by atomic mass is 32.2. The first-order chi connectivity index (χ1) is 21.2. The smallest absolute Gasteiger partial charge is 0.252 e. The lowest BCUT2D eigenvalue weighted by Crippen LogP contribution is -2.49. The summed E-state index contributed by atoms with van der Waals surface area (Å²) in [6.07, 6.45) is -1.78. The summed E-state index contributed by atoms with van der Waals surface area (Å²) in [5.41, 5.74) is 9.01. The summed E-state index contributed by atoms with van der Waals surface area (Å²) in [5, 5.41) is 11.2. The lowest BCUT2D eigenvalue weighted by Gasteiger charge is -2.31. The Hall–Kier alpha value is -4.02. The van der Waals surface area contributed by atoms with Crippen LogP contribution in [0.3, 0.4) is 0 Å². The Kier molecular flexibility index (Phi) is 12.1. The van der Waals surface area contributed by atoms with Gasteiger partial charge in [-0.25, -0.2) is 8.42 Å². The SMILES string of the molecule is COc1cccc(CN(C[C@@H](O)[C@@H](N)Cc2ccccc2)C(=O)C(CCS(=O)(=O)c2ccccc2)OCc2ccccc2)c1. The topological polar surface area (TPSA) is 119 Å². The van der Waals surface area contributed by atoms with E-state index in [9.17, 15) is 18.3 Å². The first-order valence-corrected chi connectivity index (χ1v) is 16.2. The molecule has 9 heteroatoms. The Labute approximate surface area is 260 Å². The molecule has 1 amide bonds. The van der Waals surface area contributed by atoms with Crippen LogP contribution in [0.1, 0.15) is 23.1 Å². The second kappa shape index (κ2) is 16.2. The van der Waals surface area contributed by atoms with Crippen LogP contribution in [0.15, 0.2) is 120 Å². The molecule has 0 aliphatic rings. The van der Waals surface area contributed by atoms with Gasteiger partial charge in [0.2, 0.25) is 0 Å². The van der Waals surface area contributed by atoms with Crippen LogP contribution in [0.4, 0.5) is 0 Å². The van der Waals surface area contributed by atoms with Gasteiger partial charge in [-0.2, -0.15) is 0 Å². The van der Waals surface area contributed by atoms with Crippen molar-refractivity contribution in [1.29, 1.82) is 0 Å². The highest BCUT2D eigenvalue weighted by Crippen LogP contribution is 2.20. The molecule has 1 unspecified atom stereocenters. The summed E-state index contributed by atoms with van der Waals surface area (Å²) in [5.74, 6) is -0.0920. The molecule has 0 aromatic heterocycles. The number of nitrogens with two attached hydrogens (primary N) is 1. The van der Waals surface area contributed by atoms with E-state index in [-0.39, 0.29) is 36.8 Å². The molecule has 0 fully saturated rings. The molecule has 4 rings (SSSR count). The third kappa shape index (κ3) is 9.75. The second-order valence-corrected chi connectivity index (χ2v) is 12.8. The number of amides is 1. The van der Waals surface area contributed by atoms with Crippen LogP contribution < -0.4 is 10.5 Å². The van der Waals surface area contributed by atoms with Crippen LogP contribution >= 0.6 is 0 Å². The number of sulfone groups is 1. The van der Waals surface area contributed by atoms with Crippen molar-refractivity contribution in [2.75, 3.05) is 19.4 Å². The number of nitrogens with zero attached hydrogens (tertiary/aromatic N) is 1. The quantitative estimate of drug-likeness (QED) is 0.192. The van der Waals surface area contributed by atoms with E-state index >= 15 is 0 Å². The van der Waals surface area contributed by atoms with E-state index in [1.165, 1.54) is 17.0 Å². The minimum Gasteiger partial charge on any atom is -0.497 e. The molecule has 3 atom stereocenters. The summed E-state index contributed by atoms with van der Waals surface area (Å²) in [6.45, 7) is 0.189. The van der Waals surface area contributed by atoms with Crippen LogP contribution in [-0.2, 0) is 38.9 Å². The first-order valence-electron chi connectivity index (χ1n) is 14.6. The molecular weight excluding hydrogens is 576 g/mol. The number of benzene rings is 4. The molecule has 0 heterocycles. The van der Waals surface area contributed by atoms with Crippen LogP contribution in [0.2, 0.25) is 0 Å². The number of aliphatic hydroxyl groups excluding tert-OH is 1. The summed E-state index contributed by atoms with van der Waals surface area (Å²) < 4.78 is 37.8. The Morgan fingerprint density at radius 1 is 0.841 bits per heavy atom. The van der Waals surface area contributed by atoms with Gasteiger partial charge >= 0.3 is 0 Å². The highest BCUT2D eigenvalue weighted by molar-refractivity contribution is 7.91. The van der Waals surface area contributed by atoms with Gasteiger partial charge in [-0.05, 0) is 53.8 Å². The fourth-order valence-electron chi connectivity index (χ4n) is 4.87. The van der Waals surface area contributed by atoms with E-state index in [0.29, 0.717) is 12.2 Å². The highest BCUT2D eigenvalue weighted by Gasteiger charge is 2.30. The molecular formula is C35H40N2O6S. The predicted molar refractivity (Wildman–Crippen MR) is 171 cm³/mol. The molecule has 0 aliphatic heterocycles. The predicted octanol–water partition coefficient (Wildman–Crippen LogP) is 4.40. The molecule has 0 saturated heterocycles. The Bertz CT molecular complexity index is 1550. The summed E-state index contributed by atoms with van der Waals surface area (Å²) in [4.78, 5) is 15.9. The van der Waals surface area contributed by atoms with Gasteiger partial charge in [-0.1, -0.05) is 91.0 Å². The number of methoxy groups -OCH3 is 1. The monoisotopic (exact) mass is 616 g/mol. The maximum atomic E-state index is 14.2. The fourth-order valence-corrected chi connectivity index (χ4v) is 6.20. The van der Waals surface area contributed by atoms with E-state index < -0.39 is 34.0 Å². The van der Waals surface area contributed by atoms with Crippen molar-refractivity contribution >= 4 is 15.7 Å². The standard InChI is InChI=1S/C35H40N2O6S/c1-42-30-17-11-16-29(22-30)24-37(25-33(38)32(36)23-27-12-5-2-6-13-27)35(39)34(43-26-28-14-7-3-8-15-28)20-21-44(40,41)31-18-9-4-10-19-31/h2-19,22,32-34,38H,20-21,23-26,36H2,1H3/t32-,33+,34?/m0/s1. The molecule has 0 saturated carbocycles. The van der Waals surface area contributed by atoms with E-state index in [1.807, 2.05) is 78.9 Å². The number of hydrogen-bond acceptors (Lipinski definition) is 7. The van der Waals surface area contributed by atoms with Crippen molar-refractivity contribution in [3.8, 4) is 5.75 Å². The van der Waals surface area contributed by atoms with Gasteiger partial charge in [0, 0.05) is 19.1 Å². The van der Waals surface area contributed by atoms with Gasteiger partial charge in [0.1, 0.15) is 11.9 Å². The molecule has 8 nitrogen and oxygen atoms in total. The summed E-state index contributed by atoms with van der Waals surface area (Å²) in [6, 6.07) is 33.8. The number of carbonyl (C=O) groups excluding carboxylic acids is 1. The Morgan fingerprint density at radius 2 is 1.43 bits per heavy atom. The average Bonchev–Trinajstić information content (AvgIpc) is 3.05. The van der Waals surface area contributed by atoms with Gasteiger partial charge in [0.25, 0.3) is 5.91 Å². The van der Waals surface area contributed by atoms with Crippen LogP contribution in [0.5, 0.6) is 5.75 Å². The molecule has 0 aliphatic carbocycles. The van der Waals surface area contributed by atoms with E-state index in [4.69, 9.17) is 15.2 Å². The number of rotatable bonds is 16. The van der Waals surface area contributed by atoms with Gasteiger partial charge in [0.15, 0.2) is 9.84 Å². The van der Waals surface area contributed by atoms with Gasteiger partial charge in [0.05, 0.1) is 30.5 Å². The molecule has 0 radical (unpaired) electrons. The molecule has 232 valence electrons. The van der Waals surface area contributed by atoms with E-state index in [0.717, 1.165) is 16.7 Å². The Morgan fingerprint density at radius 3 is 2.07 bits per heavy atom. The third-order valence-electron chi connectivity index (χ3n) is 7.36. The minimum absolute atomic E-state index is 0.0658. The average molecular weight is 617 g/mol. The van der Waals surface area contributed by atoms with Crippen molar-refractivity contribution in [2.24, 2.45) is 5.73 Å². The number of ether oxygens (including phenoxy) is 2. The van der Waals surface area contributed by atoms with Crippen LogP contribution in [0, 0.1) is 0 Å². The van der Waals surface area contributed by atoms with Crippen LogP contribution in [-0.4, -0.2) is 62.0 Å². The third-order valence-corrected chi connectivity index (χ3v) is 9.12. The fraction of sp³-hybridized carbons (Fsp3) is 0.286. The maximum Gasteiger partial charge on any atom is 0.252 e. The normalized spacial score (nSPS) is 13.5.